The van der Waals surface area contributed by atoms with Crippen LogP contribution >= 0.6 is 0 Å². The number of nitrogens with zero attached hydrogens (tertiary/aromatic N) is 2. The van der Waals surface area contributed by atoms with E-state index >= 15 is 0 Å². The normalized spacial score (nSPS) is 17.5. The van der Waals surface area contributed by atoms with Crippen LogP contribution in [0.1, 0.15) is 12.8 Å². The molecule has 4 aromatic carbocycles. The molecule has 0 saturated carbocycles. The molecule has 36 heavy (non-hydrogen) atoms. The molecule has 4 heteroatoms. The molecule has 184 valence electrons. The largest absolute Gasteiger partial charge is 0.508 e. The Kier molecular flexibility index (Phi) is 6.63. The SMILES string of the molecule is Oc1ccc2c(-c3ccc(N4CCC(CN5CCNCC5)CC4)cc3)c(-c3ccccc3)ccc2c1. The number of hydrogen-bond acceptors (Lipinski definition) is 4. The number of nitrogens with one attached hydrogen (secondary N) is 1. The third-order valence-corrected chi connectivity index (χ3v) is 7.95. The molecule has 0 unspecified atom stereocenters. The first-order valence-electron chi connectivity index (χ1n) is 13.3. The fourth-order valence-corrected chi connectivity index (χ4v) is 5.96. The number of benzene rings is 4. The van der Waals surface area contributed by atoms with Crippen molar-refractivity contribution in [3.63, 3.8) is 0 Å². The Hall–Kier alpha value is -3.34. The summed E-state index contributed by atoms with van der Waals surface area (Å²) in [7, 11) is 0. The van der Waals surface area contributed by atoms with Crippen LogP contribution in [-0.2, 0) is 0 Å². The Morgan fingerprint density at radius 2 is 1.50 bits per heavy atom. The number of phenolic OH excluding ortho intramolecular Hbond substituents is 1. The Labute approximate surface area is 214 Å². The van der Waals surface area contributed by atoms with Crippen molar-refractivity contribution in [2.24, 2.45) is 5.92 Å². The molecule has 0 bridgehead atoms. The summed E-state index contributed by atoms with van der Waals surface area (Å²) >= 11 is 0. The van der Waals surface area contributed by atoms with Crippen LogP contribution in [0.3, 0.4) is 0 Å². The summed E-state index contributed by atoms with van der Waals surface area (Å²) in [5.74, 6) is 1.12. The van der Waals surface area contributed by atoms with E-state index in [1.54, 1.807) is 6.07 Å². The van der Waals surface area contributed by atoms with Crippen molar-refractivity contribution in [3.05, 3.63) is 84.9 Å². The van der Waals surface area contributed by atoms with Gasteiger partial charge >= 0.3 is 0 Å². The highest BCUT2D eigenvalue weighted by atomic mass is 16.3. The minimum atomic E-state index is 0.302. The molecular formula is C32H35N3O. The van der Waals surface area contributed by atoms with E-state index in [9.17, 15) is 5.11 Å². The number of piperazine rings is 1. The molecule has 0 aromatic heterocycles. The quantitative estimate of drug-likeness (QED) is 0.370. The lowest BCUT2D eigenvalue weighted by atomic mass is 9.89. The number of anilines is 1. The van der Waals surface area contributed by atoms with Crippen LogP contribution in [0.4, 0.5) is 5.69 Å². The predicted octanol–water partition coefficient (Wildman–Crippen LogP) is 6.00. The van der Waals surface area contributed by atoms with Gasteiger partial charge in [-0.05, 0) is 76.1 Å². The van der Waals surface area contributed by atoms with Gasteiger partial charge < -0.3 is 20.2 Å². The Balaban J connectivity index is 1.24. The highest BCUT2D eigenvalue weighted by Gasteiger charge is 2.22. The number of fused-ring (bicyclic) bond motifs is 1. The number of hydrogen-bond donors (Lipinski definition) is 2. The lowest BCUT2D eigenvalue weighted by Crippen LogP contribution is -2.46. The van der Waals surface area contributed by atoms with E-state index in [0.29, 0.717) is 5.75 Å². The van der Waals surface area contributed by atoms with E-state index in [4.69, 9.17) is 0 Å². The molecule has 0 spiro atoms. The number of piperidine rings is 1. The molecule has 2 aliphatic heterocycles. The highest BCUT2D eigenvalue weighted by Crippen LogP contribution is 2.39. The van der Waals surface area contributed by atoms with Gasteiger partial charge in [-0.15, -0.1) is 0 Å². The van der Waals surface area contributed by atoms with Crippen molar-refractivity contribution >= 4 is 16.5 Å². The lowest BCUT2D eigenvalue weighted by molar-refractivity contribution is 0.190. The number of aromatic hydroxyl groups is 1. The molecule has 2 saturated heterocycles. The Morgan fingerprint density at radius 1 is 0.750 bits per heavy atom. The molecule has 0 atom stereocenters. The summed E-state index contributed by atoms with van der Waals surface area (Å²) < 4.78 is 0. The molecule has 4 nitrogen and oxygen atoms in total. The van der Waals surface area contributed by atoms with Gasteiger partial charge in [-0.2, -0.15) is 0 Å². The molecular weight excluding hydrogens is 442 g/mol. The third-order valence-electron chi connectivity index (χ3n) is 7.95. The van der Waals surface area contributed by atoms with Crippen LogP contribution in [0.5, 0.6) is 5.75 Å². The van der Waals surface area contributed by atoms with Gasteiger partial charge in [-0.25, -0.2) is 0 Å². The molecule has 2 heterocycles. The van der Waals surface area contributed by atoms with E-state index in [-0.39, 0.29) is 0 Å². The fourth-order valence-electron chi connectivity index (χ4n) is 5.96. The van der Waals surface area contributed by atoms with Gasteiger partial charge in [0.05, 0.1) is 0 Å². The van der Waals surface area contributed by atoms with Crippen molar-refractivity contribution in [1.82, 2.24) is 10.2 Å². The number of phenols is 1. The van der Waals surface area contributed by atoms with Crippen LogP contribution in [0.15, 0.2) is 84.9 Å². The zero-order valence-electron chi connectivity index (χ0n) is 20.9. The predicted molar refractivity (Wildman–Crippen MR) is 151 cm³/mol. The Morgan fingerprint density at radius 3 is 2.25 bits per heavy atom. The minimum Gasteiger partial charge on any atom is -0.508 e. The van der Waals surface area contributed by atoms with Gasteiger partial charge in [0.25, 0.3) is 0 Å². The maximum Gasteiger partial charge on any atom is 0.116 e. The van der Waals surface area contributed by atoms with Crippen molar-refractivity contribution in [1.29, 1.82) is 0 Å². The Bertz CT molecular complexity index is 1300. The second-order valence-corrected chi connectivity index (χ2v) is 10.3. The van der Waals surface area contributed by atoms with E-state index in [1.807, 2.05) is 12.1 Å². The molecule has 0 aliphatic carbocycles. The van der Waals surface area contributed by atoms with Crippen molar-refractivity contribution in [3.8, 4) is 28.0 Å². The van der Waals surface area contributed by atoms with Gasteiger partial charge in [0.1, 0.15) is 5.75 Å². The van der Waals surface area contributed by atoms with Gasteiger partial charge in [0.2, 0.25) is 0 Å². The van der Waals surface area contributed by atoms with Gasteiger partial charge in [0, 0.05) is 51.5 Å². The van der Waals surface area contributed by atoms with Gasteiger partial charge in [-0.1, -0.05) is 60.7 Å². The molecule has 0 radical (unpaired) electrons. The first-order valence-corrected chi connectivity index (χ1v) is 13.3. The van der Waals surface area contributed by atoms with Gasteiger partial charge in [-0.3, -0.25) is 0 Å². The van der Waals surface area contributed by atoms with E-state index in [1.165, 1.54) is 60.4 Å². The summed E-state index contributed by atoms with van der Waals surface area (Å²) in [6, 6.07) is 29.7. The van der Waals surface area contributed by atoms with E-state index < -0.39 is 0 Å². The maximum absolute atomic E-state index is 10.1. The first-order chi connectivity index (χ1) is 17.7. The molecule has 0 amide bonds. The maximum atomic E-state index is 10.1. The van der Waals surface area contributed by atoms with Crippen molar-refractivity contribution in [2.75, 3.05) is 50.7 Å². The van der Waals surface area contributed by atoms with Crippen LogP contribution in [0.2, 0.25) is 0 Å². The summed E-state index contributed by atoms with van der Waals surface area (Å²) in [6.07, 6.45) is 2.55. The summed E-state index contributed by atoms with van der Waals surface area (Å²) in [5, 5.41) is 15.7. The van der Waals surface area contributed by atoms with Crippen LogP contribution in [0.25, 0.3) is 33.0 Å². The van der Waals surface area contributed by atoms with E-state index in [0.717, 1.165) is 42.9 Å². The molecule has 2 aliphatic rings. The molecule has 6 rings (SSSR count). The highest BCUT2D eigenvalue weighted by molar-refractivity contribution is 6.04. The second-order valence-electron chi connectivity index (χ2n) is 10.3. The molecule has 4 aromatic rings. The standard InChI is InChI=1S/C32H35N3O/c36-29-11-13-31-27(22-29)8-12-30(25-4-2-1-3-5-25)32(31)26-6-9-28(10-7-26)35-18-14-24(15-19-35)23-34-20-16-33-17-21-34/h1-13,22,24,33,36H,14-21,23H2. The van der Waals surface area contributed by atoms with Crippen molar-refractivity contribution < 1.29 is 5.11 Å². The van der Waals surface area contributed by atoms with Crippen LogP contribution < -0.4 is 10.2 Å². The average molecular weight is 478 g/mol. The third kappa shape index (κ3) is 4.84. The zero-order chi connectivity index (χ0) is 24.3. The fraction of sp³-hybridized carbons (Fsp3) is 0.312. The first kappa shape index (κ1) is 23.1. The number of rotatable bonds is 5. The summed E-state index contributed by atoms with van der Waals surface area (Å²) in [4.78, 5) is 5.19. The van der Waals surface area contributed by atoms with Crippen LogP contribution in [-0.4, -0.2) is 55.8 Å². The smallest absolute Gasteiger partial charge is 0.116 e. The lowest BCUT2D eigenvalue weighted by Gasteiger charge is -2.37. The monoisotopic (exact) mass is 477 g/mol. The summed E-state index contributed by atoms with van der Waals surface area (Å²) in [6.45, 7) is 8.19. The molecule has 2 fully saturated rings. The van der Waals surface area contributed by atoms with Gasteiger partial charge in [0.15, 0.2) is 0 Å². The second kappa shape index (κ2) is 10.3. The van der Waals surface area contributed by atoms with Crippen molar-refractivity contribution in [2.45, 2.75) is 12.8 Å². The van der Waals surface area contributed by atoms with E-state index in [2.05, 4.69) is 81.8 Å². The minimum absolute atomic E-state index is 0.302. The zero-order valence-corrected chi connectivity index (χ0v) is 20.9. The molecule has 2 N–H and O–H groups in total. The van der Waals surface area contributed by atoms with Crippen LogP contribution in [0, 0.1) is 5.92 Å². The average Bonchev–Trinajstić information content (AvgIpc) is 2.94. The topological polar surface area (TPSA) is 38.7 Å². The summed E-state index contributed by atoms with van der Waals surface area (Å²) in [5.41, 5.74) is 6.18.